The van der Waals surface area contributed by atoms with Gasteiger partial charge < -0.3 is 9.84 Å². The minimum absolute atomic E-state index is 0.0919. The van der Waals surface area contributed by atoms with Crippen molar-refractivity contribution in [1.82, 2.24) is 0 Å². The molecule has 98 valence electrons. The predicted molar refractivity (Wildman–Crippen MR) is 69.9 cm³/mol. The van der Waals surface area contributed by atoms with E-state index in [0.29, 0.717) is 5.57 Å². The van der Waals surface area contributed by atoms with E-state index < -0.39 is 12.2 Å². The molecule has 0 aromatic carbocycles. The van der Waals surface area contributed by atoms with E-state index in [1.165, 1.54) is 5.57 Å². The Kier molecular flexibility index (Phi) is 3.71. The minimum Gasteiger partial charge on any atom is -0.455 e. The van der Waals surface area contributed by atoms with Gasteiger partial charge in [-0.05, 0) is 38.2 Å². The third-order valence-corrected chi connectivity index (χ3v) is 3.89. The second-order valence-electron chi connectivity index (χ2n) is 5.23. The van der Waals surface area contributed by atoms with Crippen molar-refractivity contribution in [3.63, 3.8) is 0 Å². The number of allylic oxidation sites excluding steroid dienone is 2. The van der Waals surface area contributed by atoms with Crippen LogP contribution in [0.15, 0.2) is 36.0 Å². The van der Waals surface area contributed by atoms with Crippen LogP contribution in [-0.4, -0.2) is 23.3 Å². The molecule has 0 unspecified atom stereocenters. The van der Waals surface area contributed by atoms with Crippen LogP contribution >= 0.6 is 0 Å². The Morgan fingerprint density at radius 3 is 2.83 bits per heavy atom. The normalized spacial score (nSPS) is 36.7. The molecule has 18 heavy (non-hydrogen) atoms. The van der Waals surface area contributed by atoms with Crippen molar-refractivity contribution in [2.75, 3.05) is 0 Å². The van der Waals surface area contributed by atoms with Crippen LogP contribution in [0.1, 0.15) is 32.6 Å². The quantitative estimate of drug-likeness (QED) is 0.407. The standard InChI is InChI=1S/C15H20O3/c1-9-5-4-6-10(2)13(16)14-12(8-7-9)11(3)15(17)18-14/h5,12-14,16H,2-4,6-8H2,1H3/b9-5-/t12-,13+,14-/m0/s1. The highest BCUT2D eigenvalue weighted by Gasteiger charge is 2.42. The maximum atomic E-state index is 11.6. The molecule has 0 saturated carbocycles. The Bertz CT molecular complexity index is 419. The van der Waals surface area contributed by atoms with Gasteiger partial charge in [0.05, 0.1) is 0 Å². The van der Waals surface area contributed by atoms with E-state index >= 15 is 0 Å². The lowest BCUT2D eigenvalue weighted by atomic mass is 9.84. The topological polar surface area (TPSA) is 46.5 Å². The van der Waals surface area contributed by atoms with Gasteiger partial charge in [-0.25, -0.2) is 4.79 Å². The first-order valence-corrected chi connectivity index (χ1v) is 6.42. The van der Waals surface area contributed by atoms with E-state index in [-0.39, 0.29) is 11.9 Å². The van der Waals surface area contributed by atoms with Gasteiger partial charge in [-0.1, -0.05) is 24.8 Å². The van der Waals surface area contributed by atoms with E-state index in [2.05, 4.69) is 26.2 Å². The highest BCUT2D eigenvalue weighted by atomic mass is 16.6. The first-order valence-electron chi connectivity index (χ1n) is 6.42. The highest BCUT2D eigenvalue weighted by Crippen LogP contribution is 2.36. The fourth-order valence-electron chi connectivity index (χ4n) is 2.62. The van der Waals surface area contributed by atoms with Crippen molar-refractivity contribution in [3.05, 3.63) is 36.0 Å². The molecule has 0 aromatic heterocycles. The summed E-state index contributed by atoms with van der Waals surface area (Å²) in [6.07, 6.45) is 4.23. The molecule has 1 N–H and O–H groups in total. The summed E-state index contributed by atoms with van der Waals surface area (Å²) >= 11 is 0. The van der Waals surface area contributed by atoms with Gasteiger partial charge in [0, 0.05) is 11.5 Å². The Balaban J connectivity index is 2.26. The molecular weight excluding hydrogens is 228 g/mol. The number of carbonyl (C=O) groups excluding carboxylic acids is 1. The second-order valence-corrected chi connectivity index (χ2v) is 5.23. The van der Waals surface area contributed by atoms with Crippen LogP contribution in [0.5, 0.6) is 0 Å². The van der Waals surface area contributed by atoms with E-state index in [9.17, 15) is 9.90 Å². The zero-order chi connectivity index (χ0) is 13.3. The molecule has 1 aliphatic heterocycles. The molecule has 0 radical (unpaired) electrons. The Morgan fingerprint density at radius 2 is 2.11 bits per heavy atom. The Morgan fingerprint density at radius 1 is 1.39 bits per heavy atom. The average Bonchev–Trinajstić information content (AvgIpc) is 2.61. The van der Waals surface area contributed by atoms with Crippen LogP contribution in [0, 0.1) is 5.92 Å². The number of esters is 1. The summed E-state index contributed by atoms with van der Waals surface area (Å²) < 4.78 is 5.26. The summed E-state index contributed by atoms with van der Waals surface area (Å²) in [4.78, 5) is 11.6. The van der Waals surface area contributed by atoms with Gasteiger partial charge in [-0.3, -0.25) is 0 Å². The molecule has 2 aliphatic rings. The van der Waals surface area contributed by atoms with Crippen molar-refractivity contribution in [2.45, 2.75) is 44.8 Å². The van der Waals surface area contributed by atoms with E-state index in [0.717, 1.165) is 31.3 Å². The number of aliphatic hydroxyl groups is 1. The Hall–Kier alpha value is -1.35. The van der Waals surface area contributed by atoms with E-state index in [1.807, 2.05) is 0 Å². The van der Waals surface area contributed by atoms with Gasteiger partial charge >= 0.3 is 5.97 Å². The second kappa shape index (κ2) is 5.11. The summed E-state index contributed by atoms with van der Waals surface area (Å²) in [5.41, 5.74) is 2.53. The zero-order valence-electron chi connectivity index (χ0n) is 10.8. The first kappa shape index (κ1) is 13.1. The fraction of sp³-hybridized carbons (Fsp3) is 0.533. The molecule has 0 spiro atoms. The lowest BCUT2D eigenvalue weighted by molar-refractivity contribution is -0.143. The molecule has 1 saturated heterocycles. The number of rotatable bonds is 0. The van der Waals surface area contributed by atoms with Gasteiger partial charge in [0.1, 0.15) is 12.2 Å². The molecule has 3 nitrogen and oxygen atoms in total. The Labute approximate surface area is 108 Å². The minimum atomic E-state index is -0.773. The van der Waals surface area contributed by atoms with Gasteiger partial charge in [-0.2, -0.15) is 0 Å². The van der Waals surface area contributed by atoms with Crippen LogP contribution in [0.3, 0.4) is 0 Å². The third kappa shape index (κ3) is 2.41. The lowest BCUT2D eigenvalue weighted by Crippen LogP contribution is -2.33. The molecule has 1 heterocycles. The van der Waals surface area contributed by atoms with Crippen molar-refractivity contribution in [1.29, 1.82) is 0 Å². The molecule has 0 bridgehead atoms. The van der Waals surface area contributed by atoms with Crippen LogP contribution in [0.2, 0.25) is 0 Å². The van der Waals surface area contributed by atoms with Gasteiger partial charge in [0.15, 0.2) is 0 Å². The monoisotopic (exact) mass is 248 g/mol. The molecule has 3 atom stereocenters. The van der Waals surface area contributed by atoms with Crippen LogP contribution in [0.25, 0.3) is 0 Å². The van der Waals surface area contributed by atoms with Crippen LogP contribution in [0.4, 0.5) is 0 Å². The van der Waals surface area contributed by atoms with Crippen molar-refractivity contribution in [2.24, 2.45) is 5.92 Å². The predicted octanol–water partition coefficient (Wildman–Crippen LogP) is 2.52. The number of ether oxygens (including phenoxy) is 1. The number of carbonyl (C=O) groups is 1. The zero-order valence-corrected chi connectivity index (χ0v) is 10.8. The summed E-state index contributed by atoms with van der Waals surface area (Å²) in [5.74, 6) is -0.469. The first-order chi connectivity index (χ1) is 8.50. The van der Waals surface area contributed by atoms with Gasteiger partial charge in [0.25, 0.3) is 0 Å². The summed E-state index contributed by atoms with van der Waals surface area (Å²) in [6.45, 7) is 9.79. The summed E-state index contributed by atoms with van der Waals surface area (Å²) in [7, 11) is 0. The van der Waals surface area contributed by atoms with Crippen molar-refractivity contribution < 1.29 is 14.6 Å². The highest BCUT2D eigenvalue weighted by molar-refractivity contribution is 5.90. The maximum absolute atomic E-state index is 11.6. The number of aliphatic hydroxyl groups excluding tert-OH is 1. The van der Waals surface area contributed by atoms with Gasteiger partial charge in [0.2, 0.25) is 0 Å². The summed E-state index contributed by atoms with van der Waals surface area (Å²) in [5, 5.41) is 10.2. The van der Waals surface area contributed by atoms with Gasteiger partial charge in [-0.15, -0.1) is 0 Å². The summed E-state index contributed by atoms with van der Waals surface area (Å²) in [6, 6.07) is 0. The average molecular weight is 248 g/mol. The number of fused-ring (bicyclic) bond motifs is 1. The fourth-order valence-corrected chi connectivity index (χ4v) is 2.62. The van der Waals surface area contributed by atoms with Crippen LogP contribution in [-0.2, 0) is 9.53 Å². The molecule has 0 aromatic rings. The largest absolute Gasteiger partial charge is 0.455 e. The molecule has 3 heteroatoms. The smallest absolute Gasteiger partial charge is 0.334 e. The lowest BCUT2D eigenvalue weighted by Gasteiger charge is -2.25. The SMILES string of the molecule is C=C1CC/C=C(/C)CC[C@H]2C(=C)C(=O)O[C@@H]2[C@@H]1O. The van der Waals surface area contributed by atoms with Crippen LogP contribution < -0.4 is 0 Å². The third-order valence-electron chi connectivity index (χ3n) is 3.89. The molecule has 2 rings (SSSR count). The van der Waals surface area contributed by atoms with E-state index in [1.54, 1.807) is 0 Å². The molecule has 1 fully saturated rings. The van der Waals surface area contributed by atoms with Crippen molar-refractivity contribution in [3.8, 4) is 0 Å². The number of hydrogen-bond donors (Lipinski definition) is 1. The van der Waals surface area contributed by atoms with Crippen molar-refractivity contribution >= 4 is 5.97 Å². The number of hydrogen-bond acceptors (Lipinski definition) is 3. The molecule has 0 amide bonds. The molecular formula is C15H20O3. The van der Waals surface area contributed by atoms with E-state index in [4.69, 9.17) is 4.74 Å². The maximum Gasteiger partial charge on any atom is 0.334 e. The molecule has 1 aliphatic carbocycles.